The van der Waals surface area contributed by atoms with Gasteiger partial charge in [-0.05, 0) is 0 Å². The fourth-order valence-electron chi connectivity index (χ4n) is 3.24. The molecular weight excluding hydrogens is 534 g/mol. The van der Waals surface area contributed by atoms with E-state index in [0.29, 0.717) is 5.56 Å². The van der Waals surface area contributed by atoms with Crippen LogP contribution in [0.3, 0.4) is 0 Å². The molecule has 0 fully saturated rings. The first-order valence-electron chi connectivity index (χ1n) is 9.58. The van der Waals surface area contributed by atoms with Crippen LogP contribution in [0, 0.1) is 0 Å². The number of hydrogen-bond donors (Lipinski definition) is 0. The van der Waals surface area contributed by atoms with Gasteiger partial charge in [-0.1, -0.05) is 0 Å². The van der Waals surface area contributed by atoms with E-state index in [9.17, 15) is 39.5 Å². The van der Waals surface area contributed by atoms with Crippen molar-refractivity contribution in [2.45, 2.75) is 77.0 Å². The van der Waals surface area contributed by atoms with E-state index in [4.69, 9.17) is 3.07 Å². The van der Waals surface area contributed by atoms with Gasteiger partial charge in [-0.3, -0.25) is 0 Å². The van der Waals surface area contributed by atoms with E-state index < -0.39 is 56.6 Å². The Morgan fingerprint density at radius 2 is 0.967 bits per heavy atom. The quantitative estimate of drug-likeness (QED) is 0.186. The molecule has 0 aliphatic rings. The topological polar surface area (TPSA) is 9.23 Å². The summed E-state index contributed by atoms with van der Waals surface area (Å²) >= 11 is -4.19. The standard InChI is InChI=1S/C7H7O.3C4H6F3.Sn/c8-6-7-4-2-1-3-5-7;3*1-2-3-4(5,6)7;/h1-5H,6H2;3*1-3H2;/q-1;;;;+1. The molecule has 0 heterocycles. The van der Waals surface area contributed by atoms with Gasteiger partial charge in [0.2, 0.25) is 0 Å². The fourth-order valence-corrected chi connectivity index (χ4v) is 15.0. The summed E-state index contributed by atoms with van der Waals surface area (Å²) in [5, 5.41) is 0. The summed E-state index contributed by atoms with van der Waals surface area (Å²) in [4.78, 5) is 0. The Kier molecular flexibility index (Phi) is 10.8. The second kappa shape index (κ2) is 11.8. The monoisotopic (exact) mass is 560 g/mol. The van der Waals surface area contributed by atoms with E-state index in [1.165, 1.54) is 0 Å². The minimum absolute atomic E-state index is 0.0129. The van der Waals surface area contributed by atoms with Crippen LogP contribution in [0.1, 0.15) is 44.1 Å². The number of rotatable bonds is 12. The van der Waals surface area contributed by atoms with Gasteiger partial charge in [-0.2, -0.15) is 0 Å². The van der Waals surface area contributed by atoms with Crippen molar-refractivity contribution < 1.29 is 42.6 Å². The molecule has 1 aromatic carbocycles. The van der Waals surface area contributed by atoms with Crippen LogP contribution in [-0.4, -0.2) is 37.3 Å². The summed E-state index contributed by atoms with van der Waals surface area (Å²) in [6.45, 7) is -0.0129. The van der Waals surface area contributed by atoms with E-state index in [1.807, 2.05) is 0 Å². The Bertz CT molecular complexity index is 546. The molecule has 0 aromatic heterocycles. The molecule has 0 amide bonds. The van der Waals surface area contributed by atoms with Gasteiger partial charge in [-0.15, -0.1) is 0 Å². The molecule has 0 bridgehead atoms. The van der Waals surface area contributed by atoms with Crippen LogP contribution < -0.4 is 0 Å². The van der Waals surface area contributed by atoms with Crippen LogP contribution in [0.25, 0.3) is 0 Å². The van der Waals surface area contributed by atoms with Crippen molar-refractivity contribution >= 4 is 18.8 Å². The molecule has 30 heavy (non-hydrogen) atoms. The molecule has 1 aromatic rings. The van der Waals surface area contributed by atoms with Crippen molar-refractivity contribution in [2.75, 3.05) is 0 Å². The maximum atomic E-state index is 12.6. The SMILES string of the molecule is FC(F)(F)CC[CH2][Sn]([CH2]CCC(F)(F)F)([CH2]CCC(F)(F)F)[O]Cc1ccccc1. The first kappa shape index (κ1) is 27.4. The van der Waals surface area contributed by atoms with E-state index in [-0.39, 0.29) is 39.2 Å². The van der Waals surface area contributed by atoms with Gasteiger partial charge in [0.1, 0.15) is 0 Å². The zero-order valence-electron chi connectivity index (χ0n) is 16.3. The van der Waals surface area contributed by atoms with Crippen LogP contribution in [0.4, 0.5) is 39.5 Å². The summed E-state index contributed by atoms with van der Waals surface area (Å²) in [6.07, 6.45) is -17.7. The third kappa shape index (κ3) is 13.6. The average Bonchev–Trinajstić information content (AvgIpc) is 2.57. The summed E-state index contributed by atoms with van der Waals surface area (Å²) < 4.78 is 119. The van der Waals surface area contributed by atoms with Crippen molar-refractivity contribution in [1.29, 1.82) is 0 Å². The summed E-state index contributed by atoms with van der Waals surface area (Å²) in [5.74, 6) is 0. The third-order valence-electron chi connectivity index (χ3n) is 4.67. The Balaban J connectivity index is 2.94. The predicted octanol–water partition coefficient (Wildman–Crippen LogP) is 8.18. The molecular formula is C19H25F9OSn. The first-order chi connectivity index (χ1) is 13.7. The molecule has 0 spiro atoms. The second-order valence-corrected chi connectivity index (χ2v) is 19.2. The Morgan fingerprint density at radius 3 is 1.30 bits per heavy atom. The molecule has 0 saturated carbocycles. The molecule has 1 nitrogen and oxygen atoms in total. The molecule has 0 N–H and O–H groups in total. The Labute approximate surface area is 174 Å². The van der Waals surface area contributed by atoms with E-state index in [1.54, 1.807) is 30.3 Å². The van der Waals surface area contributed by atoms with Gasteiger partial charge in [-0.25, -0.2) is 0 Å². The van der Waals surface area contributed by atoms with E-state index in [2.05, 4.69) is 0 Å². The molecule has 0 radical (unpaired) electrons. The van der Waals surface area contributed by atoms with Gasteiger partial charge >= 0.3 is 174 Å². The van der Waals surface area contributed by atoms with Crippen molar-refractivity contribution in [1.82, 2.24) is 0 Å². The molecule has 1 rings (SSSR count). The molecule has 11 heteroatoms. The number of halogens is 9. The molecule has 0 atom stereocenters. The number of benzene rings is 1. The maximum absolute atomic E-state index is 12.6. The van der Waals surface area contributed by atoms with E-state index in [0.717, 1.165) is 0 Å². The van der Waals surface area contributed by atoms with Crippen molar-refractivity contribution in [3.8, 4) is 0 Å². The normalized spacial score (nSPS) is 13.6. The molecule has 0 saturated heterocycles. The summed E-state index contributed by atoms with van der Waals surface area (Å²) in [7, 11) is 0. The van der Waals surface area contributed by atoms with Gasteiger partial charge in [0.15, 0.2) is 0 Å². The molecule has 0 unspecified atom stereocenters. The van der Waals surface area contributed by atoms with Crippen LogP contribution in [0.5, 0.6) is 0 Å². The molecule has 0 aliphatic heterocycles. The van der Waals surface area contributed by atoms with Crippen LogP contribution in [0.15, 0.2) is 30.3 Å². The van der Waals surface area contributed by atoms with Crippen molar-refractivity contribution in [3.05, 3.63) is 35.9 Å². The fraction of sp³-hybridized carbons (Fsp3) is 0.684. The predicted molar refractivity (Wildman–Crippen MR) is 97.3 cm³/mol. The van der Waals surface area contributed by atoms with Crippen LogP contribution in [0.2, 0.25) is 13.3 Å². The van der Waals surface area contributed by atoms with Crippen molar-refractivity contribution in [2.24, 2.45) is 0 Å². The third-order valence-corrected chi connectivity index (χ3v) is 17.7. The van der Waals surface area contributed by atoms with Gasteiger partial charge in [0.05, 0.1) is 0 Å². The van der Waals surface area contributed by atoms with Crippen molar-refractivity contribution in [3.63, 3.8) is 0 Å². The minimum atomic E-state index is -4.44. The van der Waals surface area contributed by atoms with Gasteiger partial charge in [0, 0.05) is 0 Å². The Hall–Kier alpha value is -0.651. The average molecular weight is 559 g/mol. The molecule has 0 aliphatic carbocycles. The first-order valence-corrected chi connectivity index (χ1v) is 16.8. The van der Waals surface area contributed by atoms with Crippen LogP contribution >= 0.6 is 0 Å². The Morgan fingerprint density at radius 1 is 0.600 bits per heavy atom. The summed E-state index contributed by atoms with van der Waals surface area (Å²) in [6, 6.07) is 8.52. The second-order valence-electron chi connectivity index (χ2n) is 7.36. The van der Waals surface area contributed by atoms with Gasteiger partial charge < -0.3 is 0 Å². The number of alkyl halides is 9. The van der Waals surface area contributed by atoms with Gasteiger partial charge in [0.25, 0.3) is 0 Å². The number of hydrogen-bond acceptors (Lipinski definition) is 1. The zero-order chi connectivity index (χ0) is 22.9. The van der Waals surface area contributed by atoms with E-state index >= 15 is 0 Å². The zero-order valence-corrected chi connectivity index (χ0v) is 19.1. The molecule has 174 valence electrons. The summed E-state index contributed by atoms with van der Waals surface area (Å²) in [5.41, 5.74) is 0.682. The van der Waals surface area contributed by atoms with Crippen LogP contribution in [-0.2, 0) is 9.68 Å².